The van der Waals surface area contributed by atoms with Crippen molar-refractivity contribution in [1.82, 2.24) is 4.90 Å². The highest BCUT2D eigenvalue weighted by atomic mass is 32.2. The third kappa shape index (κ3) is 5.91. The molecule has 0 spiro atoms. The summed E-state index contributed by atoms with van der Waals surface area (Å²) >= 11 is 0. The number of para-hydroxylation sites is 2. The molecule has 0 aliphatic heterocycles. The number of hydrogen-bond donors (Lipinski definition) is 0. The van der Waals surface area contributed by atoms with E-state index >= 15 is 0 Å². The van der Waals surface area contributed by atoms with Gasteiger partial charge in [-0.05, 0) is 30.5 Å². The molecule has 35 heavy (non-hydrogen) atoms. The van der Waals surface area contributed by atoms with Gasteiger partial charge in [0.2, 0.25) is 5.91 Å². The maximum Gasteiger partial charge on any atom is 0.534 e. The summed E-state index contributed by atoms with van der Waals surface area (Å²) in [7, 11) is -2.90. The van der Waals surface area contributed by atoms with Gasteiger partial charge in [-0.25, -0.2) is 0 Å². The molecule has 1 aliphatic carbocycles. The van der Waals surface area contributed by atoms with Crippen molar-refractivity contribution in [3.05, 3.63) is 83.5 Å². The summed E-state index contributed by atoms with van der Waals surface area (Å²) in [5.41, 5.74) is -4.80. The Kier molecular flexibility index (Phi) is 7.69. The largest absolute Gasteiger partial charge is 0.534 e. The molecule has 0 bridgehead atoms. The van der Waals surface area contributed by atoms with Crippen LogP contribution in [0.5, 0.6) is 5.75 Å². The second kappa shape index (κ2) is 10.3. The van der Waals surface area contributed by atoms with Crippen LogP contribution in [0.3, 0.4) is 0 Å². The van der Waals surface area contributed by atoms with E-state index in [1.807, 2.05) is 0 Å². The van der Waals surface area contributed by atoms with Crippen LogP contribution in [0.15, 0.2) is 77.9 Å². The van der Waals surface area contributed by atoms with Crippen molar-refractivity contribution in [2.24, 2.45) is 0 Å². The van der Waals surface area contributed by atoms with Crippen LogP contribution in [0.2, 0.25) is 0 Å². The summed E-state index contributed by atoms with van der Waals surface area (Å²) in [6.07, 6.45) is 3.81. The summed E-state index contributed by atoms with van der Waals surface area (Å²) in [5.74, 6) is -1.69. The quantitative estimate of drug-likeness (QED) is 0.318. The van der Waals surface area contributed by atoms with Crippen LogP contribution in [-0.2, 0) is 26.3 Å². The fourth-order valence-electron chi connectivity index (χ4n) is 3.46. The number of rotatable bonds is 7. The van der Waals surface area contributed by atoms with Gasteiger partial charge < -0.3 is 14.0 Å². The molecule has 2 aromatic carbocycles. The number of nitrogens with zero attached hydrogens (tertiary/aromatic N) is 2. The molecule has 3 rings (SSSR count). The summed E-state index contributed by atoms with van der Waals surface area (Å²) in [4.78, 5) is 29.0. The predicted octanol–water partition coefficient (Wildman–Crippen LogP) is 4.18. The van der Waals surface area contributed by atoms with Crippen LogP contribution in [0.1, 0.15) is 18.4 Å². The van der Waals surface area contributed by atoms with E-state index in [0.717, 1.165) is 11.0 Å². The van der Waals surface area contributed by atoms with Gasteiger partial charge in [0.25, 0.3) is 5.91 Å². The molecule has 0 aromatic heterocycles. The van der Waals surface area contributed by atoms with Crippen LogP contribution in [0.4, 0.5) is 18.9 Å². The first-order chi connectivity index (χ1) is 16.4. The minimum atomic E-state index is -5.99. The maximum atomic E-state index is 13.8. The fourth-order valence-corrected chi connectivity index (χ4v) is 3.93. The summed E-state index contributed by atoms with van der Waals surface area (Å²) < 4.78 is 66.9. The van der Waals surface area contributed by atoms with Gasteiger partial charge in [-0.2, -0.15) is 21.6 Å². The number of halogens is 3. The number of anilines is 1. The predicted molar refractivity (Wildman–Crippen MR) is 124 cm³/mol. The van der Waals surface area contributed by atoms with E-state index in [0.29, 0.717) is 5.56 Å². The highest BCUT2D eigenvalue weighted by Crippen LogP contribution is 2.36. The van der Waals surface area contributed by atoms with Gasteiger partial charge in [-0.3, -0.25) is 9.59 Å². The van der Waals surface area contributed by atoms with Crippen molar-refractivity contribution in [3.8, 4) is 5.75 Å². The van der Waals surface area contributed by atoms with Crippen molar-refractivity contribution in [2.75, 3.05) is 19.0 Å². The van der Waals surface area contributed by atoms with Crippen LogP contribution >= 0.6 is 0 Å². The molecule has 7 nitrogen and oxygen atoms in total. The van der Waals surface area contributed by atoms with Gasteiger partial charge in [0, 0.05) is 25.2 Å². The molecule has 0 atom stereocenters. The number of likely N-dealkylation sites (N-methyl/N-ethyl adjacent to an activating group) is 1. The highest BCUT2D eigenvalue weighted by Gasteiger charge is 2.49. The van der Waals surface area contributed by atoms with Crippen molar-refractivity contribution >= 4 is 27.6 Å². The average Bonchev–Trinajstić information content (AvgIpc) is 2.82. The van der Waals surface area contributed by atoms with Crippen LogP contribution < -0.4 is 9.08 Å². The van der Waals surface area contributed by atoms with E-state index in [-0.39, 0.29) is 42.1 Å². The molecule has 0 saturated heterocycles. The Balaban J connectivity index is 2.14. The van der Waals surface area contributed by atoms with Crippen molar-refractivity contribution in [2.45, 2.75) is 24.9 Å². The van der Waals surface area contributed by atoms with Crippen molar-refractivity contribution in [3.63, 3.8) is 0 Å². The van der Waals surface area contributed by atoms with Crippen molar-refractivity contribution < 1.29 is 35.4 Å². The van der Waals surface area contributed by atoms with Gasteiger partial charge in [0.15, 0.2) is 5.75 Å². The minimum absolute atomic E-state index is 0.108. The van der Waals surface area contributed by atoms with E-state index in [1.54, 1.807) is 56.6 Å². The number of alkyl halides is 3. The molecule has 2 amide bonds. The van der Waals surface area contributed by atoms with Crippen LogP contribution in [-0.4, -0.2) is 44.7 Å². The molecule has 0 unspecified atom stereocenters. The number of carbonyl (C=O) groups is 2. The fraction of sp³-hybridized carbons (Fsp3) is 0.250. The van der Waals surface area contributed by atoms with Crippen LogP contribution in [0.25, 0.3) is 0 Å². The summed E-state index contributed by atoms with van der Waals surface area (Å²) in [5, 5.41) is 0. The number of benzene rings is 2. The number of carbonyl (C=O) groups excluding carboxylic acids is 2. The average molecular weight is 509 g/mol. The second-order valence-corrected chi connectivity index (χ2v) is 9.40. The lowest BCUT2D eigenvalue weighted by Crippen LogP contribution is -2.35. The zero-order chi connectivity index (χ0) is 25.8. The zero-order valence-electron chi connectivity index (χ0n) is 18.9. The monoisotopic (exact) mass is 508 g/mol. The number of amides is 2. The molecular formula is C24H23F3N2O5S. The molecule has 11 heteroatoms. The normalized spacial score (nSPS) is 14.0. The standard InChI is InChI=1S/C24H23F3N2O5S/c1-28(2)22(30)18-12-6-7-13-19(18)23(31)29(16-17-10-4-3-5-11-17)20-14-8-9-15-21(20)34-35(32,33)24(25,26)27/h3-11,14-15H,12-13,16H2,1-2H3. The lowest BCUT2D eigenvalue weighted by molar-refractivity contribution is -0.125. The van der Waals surface area contributed by atoms with Gasteiger partial charge in [-0.1, -0.05) is 54.6 Å². The topological polar surface area (TPSA) is 84.0 Å². The molecule has 0 radical (unpaired) electrons. The second-order valence-electron chi connectivity index (χ2n) is 7.86. The van der Waals surface area contributed by atoms with E-state index < -0.39 is 27.3 Å². The van der Waals surface area contributed by atoms with Gasteiger partial charge in [0.05, 0.1) is 12.2 Å². The van der Waals surface area contributed by atoms with Gasteiger partial charge >= 0.3 is 15.6 Å². The molecule has 0 fully saturated rings. The first kappa shape index (κ1) is 26.0. The van der Waals surface area contributed by atoms with E-state index in [1.165, 1.54) is 23.1 Å². The molecule has 0 saturated carbocycles. The molecule has 1 aliphatic rings. The van der Waals surface area contributed by atoms with Gasteiger partial charge in [0.1, 0.15) is 0 Å². The summed E-state index contributed by atoms with van der Waals surface area (Å²) in [6, 6.07) is 13.7. The SMILES string of the molecule is CN(C)C(=O)C1=C(C(=O)N(Cc2ccccc2)c2ccccc2OS(=O)(=O)C(F)(F)F)CC=CC1. The Bertz CT molecular complexity index is 1270. The highest BCUT2D eigenvalue weighted by molar-refractivity contribution is 7.88. The third-order valence-electron chi connectivity index (χ3n) is 5.17. The third-order valence-corrected chi connectivity index (χ3v) is 6.13. The molecule has 186 valence electrons. The van der Waals surface area contributed by atoms with Crippen LogP contribution in [0, 0.1) is 0 Å². The van der Waals surface area contributed by atoms with E-state index in [2.05, 4.69) is 4.18 Å². The van der Waals surface area contributed by atoms with E-state index in [4.69, 9.17) is 0 Å². The Morgan fingerprint density at radius 1 is 0.886 bits per heavy atom. The van der Waals surface area contributed by atoms with Gasteiger partial charge in [-0.15, -0.1) is 0 Å². The van der Waals surface area contributed by atoms with Crippen molar-refractivity contribution in [1.29, 1.82) is 0 Å². The number of hydrogen-bond acceptors (Lipinski definition) is 5. The minimum Gasteiger partial charge on any atom is -0.374 e. The van der Waals surface area contributed by atoms with E-state index in [9.17, 15) is 31.2 Å². The molecule has 0 N–H and O–H groups in total. The zero-order valence-corrected chi connectivity index (χ0v) is 19.8. The Morgan fingerprint density at radius 3 is 2.00 bits per heavy atom. The molecule has 0 heterocycles. The molecular weight excluding hydrogens is 485 g/mol. The lowest BCUT2D eigenvalue weighted by Gasteiger charge is -2.28. The smallest absolute Gasteiger partial charge is 0.374 e. The number of allylic oxidation sites excluding steroid dienone is 2. The lowest BCUT2D eigenvalue weighted by atomic mass is 9.94. The molecule has 2 aromatic rings. The Labute approximate surface area is 201 Å². The maximum absolute atomic E-state index is 13.8. The first-order valence-electron chi connectivity index (χ1n) is 10.5. The Morgan fingerprint density at radius 2 is 1.43 bits per heavy atom. The summed E-state index contributed by atoms with van der Waals surface area (Å²) in [6.45, 7) is -0.108. The Hall–Kier alpha value is -3.60. The first-order valence-corrected chi connectivity index (χ1v) is 11.9.